The van der Waals surface area contributed by atoms with Crippen molar-refractivity contribution in [2.75, 3.05) is 17.3 Å². The quantitative estimate of drug-likeness (QED) is 0.684. The van der Waals surface area contributed by atoms with Gasteiger partial charge >= 0.3 is 0 Å². The Morgan fingerprint density at radius 1 is 1.18 bits per heavy atom. The van der Waals surface area contributed by atoms with E-state index >= 15 is 0 Å². The van der Waals surface area contributed by atoms with Crippen molar-refractivity contribution in [1.82, 2.24) is 4.72 Å². The predicted octanol–water partition coefficient (Wildman–Crippen LogP) is 3.35. The molecule has 1 aliphatic carbocycles. The number of halogens is 1. The van der Waals surface area contributed by atoms with Crippen LogP contribution in [0.5, 0.6) is 0 Å². The van der Waals surface area contributed by atoms with Gasteiger partial charge in [-0.2, -0.15) is 16.5 Å². The highest BCUT2D eigenvalue weighted by molar-refractivity contribution is 7.98. The molecule has 0 spiro atoms. The summed E-state index contributed by atoms with van der Waals surface area (Å²) in [5.41, 5.74) is 3.15. The number of rotatable bonds is 8. The Bertz CT molecular complexity index is 964. The minimum atomic E-state index is -4.16. The Morgan fingerprint density at radius 3 is 2.68 bits per heavy atom. The lowest BCUT2D eigenvalue weighted by Crippen LogP contribution is -2.44. The number of anilines is 1. The molecule has 0 fully saturated rings. The van der Waals surface area contributed by atoms with Crippen LogP contribution in [0.2, 0.25) is 0 Å². The van der Waals surface area contributed by atoms with Crippen molar-refractivity contribution < 1.29 is 17.6 Å². The zero-order chi connectivity index (χ0) is 20.1. The van der Waals surface area contributed by atoms with E-state index < -0.39 is 32.7 Å². The molecule has 1 aliphatic rings. The summed E-state index contributed by atoms with van der Waals surface area (Å²) in [7, 11) is -4.16. The molecule has 8 heteroatoms. The molecule has 0 saturated carbocycles. The first-order chi connectivity index (χ1) is 13.4. The van der Waals surface area contributed by atoms with Crippen molar-refractivity contribution >= 4 is 33.4 Å². The lowest BCUT2D eigenvalue weighted by atomic mass is 10.1. The van der Waals surface area contributed by atoms with Crippen LogP contribution in [0.1, 0.15) is 24.0 Å². The summed E-state index contributed by atoms with van der Waals surface area (Å²) in [6.45, 7) is 0. The molecule has 2 N–H and O–H groups in total. The maximum Gasteiger partial charge on any atom is 0.244 e. The standard InChI is InChI=1S/C20H23FN2O3S2/c1-27-12-11-18(23-28(25,26)19-8-3-2-7-17(19)21)20(24)22-16-10-9-14-5-4-6-15(14)13-16/h2-3,7-10,13,18,23H,4-6,11-12H2,1H3,(H,22,24). The molecule has 1 atom stereocenters. The molecule has 0 aliphatic heterocycles. The first-order valence-electron chi connectivity index (χ1n) is 9.09. The number of sulfonamides is 1. The van der Waals surface area contributed by atoms with E-state index in [9.17, 15) is 17.6 Å². The highest BCUT2D eigenvalue weighted by atomic mass is 32.2. The number of fused-ring (bicyclic) bond motifs is 1. The summed E-state index contributed by atoms with van der Waals surface area (Å²) >= 11 is 1.51. The second-order valence-electron chi connectivity index (χ2n) is 6.71. The van der Waals surface area contributed by atoms with Gasteiger partial charge in [-0.05, 0) is 73.1 Å². The van der Waals surface area contributed by atoms with Gasteiger partial charge in [0.1, 0.15) is 16.8 Å². The van der Waals surface area contributed by atoms with Gasteiger partial charge in [-0.25, -0.2) is 12.8 Å². The second kappa shape index (κ2) is 9.07. The smallest absolute Gasteiger partial charge is 0.244 e. The molecule has 150 valence electrons. The number of carbonyl (C=O) groups is 1. The average Bonchev–Trinajstić information content (AvgIpc) is 3.13. The van der Waals surface area contributed by atoms with E-state index in [1.165, 1.54) is 41.1 Å². The van der Waals surface area contributed by atoms with Crippen molar-refractivity contribution in [2.45, 2.75) is 36.6 Å². The topological polar surface area (TPSA) is 75.3 Å². The fraction of sp³-hybridized carbons (Fsp3) is 0.350. The molecule has 0 saturated heterocycles. The maximum atomic E-state index is 13.9. The zero-order valence-corrected chi connectivity index (χ0v) is 17.2. The van der Waals surface area contributed by atoms with Crippen molar-refractivity contribution in [1.29, 1.82) is 0 Å². The van der Waals surface area contributed by atoms with Crippen LogP contribution in [0.4, 0.5) is 10.1 Å². The summed E-state index contributed by atoms with van der Waals surface area (Å²) in [4.78, 5) is 12.3. The normalized spacial score (nSPS) is 14.5. The largest absolute Gasteiger partial charge is 0.325 e. The molecule has 2 aromatic carbocycles. The van der Waals surface area contributed by atoms with Gasteiger partial charge in [0.25, 0.3) is 0 Å². The monoisotopic (exact) mass is 422 g/mol. The van der Waals surface area contributed by atoms with Crippen LogP contribution in [-0.2, 0) is 27.7 Å². The predicted molar refractivity (Wildman–Crippen MR) is 111 cm³/mol. The fourth-order valence-electron chi connectivity index (χ4n) is 3.27. The highest BCUT2D eigenvalue weighted by Crippen LogP contribution is 2.25. The number of thioether (sulfide) groups is 1. The Hall–Kier alpha value is -1.90. The third-order valence-electron chi connectivity index (χ3n) is 4.72. The van der Waals surface area contributed by atoms with Gasteiger partial charge in [-0.3, -0.25) is 4.79 Å². The van der Waals surface area contributed by atoms with E-state index in [0.29, 0.717) is 17.9 Å². The van der Waals surface area contributed by atoms with Crippen LogP contribution in [0.3, 0.4) is 0 Å². The molecule has 1 amide bonds. The molecule has 0 bridgehead atoms. The van der Waals surface area contributed by atoms with E-state index in [-0.39, 0.29) is 0 Å². The third kappa shape index (κ3) is 4.92. The Morgan fingerprint density at radius 2 is 1.93 bits per heavy atom. The fourth-order valence-corrected chi connectivity index (χ4v) is 5.05. The summed E-state index contributed by atoms with van der Waals surface area (Å²) in [6, 6.07) is 9.90. The molecule has 3 rings (SSSR count). The van der Waals surface area contributed by atoms with Gasteiger partial charge in [-0.15, -0.1) is 0 Å². The molecule has 2 aromatic rings. The number of aryl methyl sites for hydroxylation is 2. The van der Waals surface area contributed by atoms with Crippen LogP contribution in [0.15, 0.2) is 47.4 Å². The number of nitrogens with one attached hydrogen (secondary N) is 2. The van der Waals surface area contributed by atoms with Crippen molar-refractivity contribution in [3.63, 3.8) is 0 Å². The molecule has 0 radical (unpaired) electrons. The van der Waals surface area contributed by atoms with Crippen LogP contribution >= 0.6 is 11.8 Å². The van der Waals surface area contributed by atoms with Crippen molar-refractivity contribution in [3.05, 3.63) is 59.4 Å². The lowest BCUT2D eigenvalue weighted by Gasteiger charge is -2.19. The summed E-state index contributed by atoms with van der Waals surface area (Å²) < 4.78 is 41.5. The third-order valence-corrected chi connectivity index (χ3v) is 6.87. The van der Waals surface area contributed by atoms with Gasteiger partial charge < -0.3 is 5.32 Å². The number of amides is 1. The molecular formula is C20H23FN2O3S2. The van der Waals surface area contributed by atoms with E-state index in [1.807, 2.05) is 24.5 Å². The SMILES string of the molecule is CSCCC(NS(=O)(=O)c1ccccc1F)C(=O)Nc1ccc2c(c1)CCC2. The van der Waals surface area contributed by atoms with Crippen LogP contribution in [-0.4, -0.2) is 32.4 Å². The molecule has 0 aromatic heterocycles. The van der Waals surface area contributed by atoms with E-state index in [2.05, 4.69) is 10.0 Å². The number of hydrogen-bond donors (Lipinski definition) is 2. The first kappa shape index (κ1) is 20.8. The van der Waals surface area contributed by atoms with E-state index in [4.69, 9.17) is 0 Å². The molecule has 1 unspecified atom stereocenters. The Kier molecular flexibility index (Phi) is 6.74. The first-order valence-corrected chi connectivity index (χ1v) is 12.0. The Labute approximate surface area is 169 Å². The highest BCUT2D eigenvalue weighted by Gasteiger charge is 2.27. The summed E-state index contributed by atoms with van der Waals surface area (Å²) in [6.07, 6.45) is 5.30. The summed E-state index contributed by atoms with van der Waals surface area (Å²) in [5, 5.41) is 2.80. The molecule has 28 heavy (non-hydrogen) atoms. The van der Waals surface area contributed by atoms with Gasteiger partial charge in [-0.1, -0.05) is 18.2 Å². The van der Waals surface area contributed by atoms with Crippen LogP contribution in [0, 0.1) is 5.82 Å². The maximum absolute atomic E-state index is 13.9. The van der Waals surface area contributed by atoms with Crippen LogP contribution < -0.4 is 10.0 Å². The number of hydrogen-bond acceptors (Lipinski definition) is 4. The Balaban J connectivity index is 1.77. The molecular weight excluding hydrogens is 399 g/mol. The molecule has 5 nitrogen and oxygen atoms in total. The second-order valence-corrected chi connectivity index (χ2v) is 9.38. The molecule has 0 heterocycles. The van der Waals surface area contributed by atoms with Crippen molar-refractivity contribution in [3.8, 4) is 0 Å². The lowest BCUT2D eigenvalue weighted by molar-refractivity contribution is -0.117. The van der Waals surface area contributed by atoms with E-state index in [1.54, 1.807) is 0 Å². The van der Waals surface area contributed by atoms with Gasteiger partial charge in [0.05, 0.1) is 0 Å². The number of carbonyl (C=O) groups excluding carboxylic acids is 1. The van der Waals surface area contributed by atoms with Crippen molar-refractivity contribution in [2.24, 2.45) is 0 Å². The average molecular weight is 423 g/mol. The summed E-state index contributed by atoms with van der Waals surface area (Å²) in [5.74, 6) is -0.716. The van der Waals surface area contributed by atoms with Gasteiger partial charge in [0.2, 0.25) is 15.9 Å². The van der Waals surface area contributed by atoms with Crippen LogP contribution in [0.25, 0.3) is 0 Å². The zero-order valence-electron chi connectivity index (χ0n) is 15.6. The van der Waals surface area contributed by atoms with Gasteiger partial charge in [0, 0.05) is 5.69 Å². The van der Waals surface area contributed by atoms with Gasteiger partial charge in [0.15, 0.2) is 0 Å². The minimum Gasteiger partial charge on any atom is -0.325 e. The van der Waals surface area contributed by atoms with E-state index in [0.717, 1.165) is 25.3 Å². The minimum absolute atomic E-state index is 0.297. The number of benzene rings is 2.